The number of aliphatic hydroxyl groups excluding tert-OH is 1. The molecule has 2 aromatic carbocycles. The zero-order valence-electron chi connectivity index (χ0n) is 19.5. The van der Waals surface area contributed by atoms with E-state index in [1.165, 1.54) is 13.3 Å². The van der Waals surface area contributed by atoms with Gasteiger partial charge in [-0.25, -0.2) is 4.98 Å². The number of β-amino-alcohol motifs (C(OH)–C–C–N with tert-alkyl or cyclic N) is 1. The molecule has 0 bridgehead atoms. The predicted octanol–water partition coefficient (Wildman–Crippen LogP) is 4.19. The summed E-state index contributed by atoms with van der Waals surface area (Å²) in [6.07, 6.45) is 2.92. The van der Waals surface area contributed by atoms with Crippen LogP contribution >= 0.6 is 11.6 Å². The summed E-state index contributed by atoms with van der Waals surface area (Å²) in [7, 11) is 1.53. The zero-order valence-corrected chi connectivity index (χ0v) is 20.2. The maximum absolute atomic E-state index is 11.9. The van der Waals surface area contributed by atoms with E-state index in [1.54, 1.807) is 30.3 Å². The van der Waals surface area contributed by atoms with E-state index >= 15 is 0 Å². The first kappa shape index (κ1) is 24.8. The van der Waals surface area contributed by atoms with Crippen molar-refractivity contribution in [3.63, 3.8) is 0 Å². The lowest BCUT2D eigenvalue weighted by atomic mass is 10.1. The fraction of sp³-hybridized carbons (Fsp3) is 0.200. The molecule has 3 aromatic rings. The molecule has 36 heavy (non-hydrogen) atoms. The summed E-state index contributed by atoms with van der Waals surface area (Å²) in [4.78, 5) is 22.6. The van der Waals surface area contributed by atoms with Crippen LogP contribution in [0.2, 0.25) is 5.02 Å². The highest BCUT2D eigenvalue weighted by atomic mass is 35.5. The van der Waals surface area contributed by atoms with Crippen molar-refractivity contribution in [3.05, 3.63) is 65.8 Å². The third-order valence-electron chi connectivity index (χ3n) is 5.57. The fourth-order valence-corrected chi connectivity index (χ4v) is 3.85. The highest BCUT2D eigenvalue weighted by Gasteiger charge is 2.21. The highest BCUT2D eigenvalue weighted by molar-refractivity contribution is 6.33. The van der Waals surface area contributed by atoms with E-state index in [-0.39, 0.29) is 22.9 Å². The molecule has 10 nitrogen and oxygen atoms in total. The van der Waals surface area contributed by atoms with Gasteiger partial charge in [-0.1, -0.05) is 18.2 Å². The lowest BCUT2D eigenvalue weighted by Gasteiger charge is -2.19. The molecule has 1 atom stereocenters. The zero-order chi connectivity index (χ0) is 25.7. The number of methoxy groups -OCH3 is 1. The van der Waals surface area contributed by atoms with Crippen molar-refractivity contribution in [3.8, 4) is 11.8 Å². The molecular weight excluding hydrogens is 482 g/mol. The minimum atomic E-state index is -0.390. The number of anilines is 6. The lowest BCUT2D eigenvalue weighted by Crippen LogP contribution is -2.21. The van der Waals surface area contributed by atoms with E-state index in [1.807, 2.05) is 11.0 Å². The first-order chi connectivity index (χ1) is 17.4. The topological polar surface area (TPSA) is 135 Å². The van der Waals surface area contributed by atoms with Crippen LogP contribution in [0, 0.1) is 11.3 Å². The van der Waals surface area contributed by atoms with Gasteiger partial charge < -0.3 is 30.7 Å². The number of benzene rings is 2. The summed E-state index contributed by atoms with van der Waals surface area (Å²) in [6.45, 7) is 4.74. The Bertz CT molecular complexity index is 1340. The molecule has 184 valence electrons. The number of aromatic nitrogens is 2. The van der Waals surface area contributed by atoms with Gasteiger partial charge >= 0.3 is 0 Å². The van der Waals surface area contributed by atoms with E-state index in [0.717, 1.165) is 18.3 Å². The number of carbonyl (C=O) groups excluding carboxylic acids is 1. The normalized spacial score (nSPS) is 14.6. The van der Waals surface area contributed by atoms with Crippen LogP contribution in [0.1, 0.15) is 12.0 Å². The first-order valence-electron chi connectivity index (χ1n) is 11.1. The van der Waals surface area contributed by atoms with Gasteiger partial charge in [-0.15, -0.1) is 0 Å². The predicted molar refractivity (Wildman–Crippen MR) is 139 cm³/mol. The second-order valence-corrected chi connectivity index (χ2v) is 8.38. The largest absolute Gasteiger partial charge is 0.497 e. The summed E-state index contributed by atoms with van der Waals surface area (Å²) in [5, 5.41) is 28.6. The molecule has 1 aliphatic rings. The maximum Gasteiger partial charge on any atom is 0.247 e. The molecule has 0 radical (unpaired) electrons. The molecule has 1 fully saturated rings. The molecule has 4 rings (SSSR count). The lowest BCUT2D eigenvalue weighted by molar-refractivity contribution is -0.111. The van der Waals surface area contributed by atoms with Gasteiger partial charge in [0.25, 0.3) is 0 Å². The summed E-state index contributed by atoms with van der Waals surface area (Å²) in [5.41, 5.74) is 2.76. The molecular formula is C25H24ClN7O3. The number of halogens is 1. The number of nitrogens with zero attached hydrogens (tertiary/aromatic N) is 4. The highest BCUT2D eigenvalue weighted by Crippen LogP contribution is 2.33. The third-order valence-corrected chi connectivity index (χ3v) is 5.84. The smallest absolute Gasteiger partial charge is 0.247 e. The molecule has 1 unspecified atom stereocenters. The Morgan fingerprint density at radius 2 is 2.08 bits per heavy atom. The van der Waals surface area contributed by atoms with Crippen molar-refractivity contribution < 1.29 is 14.6 Å². The van der Waals surface area contributed by atoms with Gasteiger partial charge in [-0.3, -0.25) is 4.79 Å². The van der Waals surface area contributed by atoms with Crippen molar-refractivity contribution in [1.29, 1.82) is 5.26 Å². The average Bonchev–Trinajstić information content (AvgIpc) is 3.33. The summed E-state index contributed by atoms with van der Waals surface area (Å²) in [6, 6.07) is 12.7. The molecule has 1 aliphatic heterocycles. The maximum atomic E-state index is 11.9. The second kappa shape index (κ2) is 10.9. The number of carbonyl (C=O) groups is 1. The van der Waals surface area contributed by atoms with Crippen molar-refractivity contribution in [2.75, 3.05) is 41.0 Å². The number of rotatable bonds is 8. The van der Waals surface area contributed by atoms with Crippen molar-refractivity contribution in [1.82, 2.24) is 9.97 Å². The number of ether oxygens (including phenoxy) is 1. The molecule has 0 saturated carbocycles. The summed E-state index contributed by atoms with van der Waals surface area (Å²) in [5.74, 6) is 0.660. The van der Waals surface area contributed by atoms with Gasteiger partial charge in [-0.2, -0.15) is 10.2 Å². The van der Waals surface area contributed by atoms with Crippen molar-refractivity contribution in [2.45, 2.75) is 12.5 Å². The molecule has 4 N–H and O–H groups in total. The fourth-order valence-electron chi connectivity index (χ4n) is 3.72. The number of hydrogen-bond acceptors (Lipinski definition) is 9. The van der Waals surface area contributed by atoms with E-state index in [2.05, 4.69) is 38.6 Å². The number of aliphatic hydroxyl groups is 1. The van der Waals surface area contributed by atoms with Crippen LogP contribution in [0.3, 0.4) is 0 Å². The number of amides is 1. The molecule has 1 saturated heterocycles. The van der Waals surface area contributed by atoms with Crippen LogP contribution in [0.4, 0.5) is 34.5 Å². The third kappa shape index (κ3) is 5.66. The molecule has 11 heteroatoms. The SMILES string of the molecule is C=CC(=O)Nc1cc(OC)ccc1Nc1nc(Nc2ccc(N3CCC(O)C3)cc2C#N)ncc1Cl. The molecule has 1 aromatic heterocycles. The van der Waals surface area contributed by atoms with Gasteiger partial charge in [0.1, 0.15) is 16.8 Å². The van der Waals surface area contributed by atoms with E-state index in [9.17, 15) is 15.2 Å². The van der Waals surface area contributed by atoms with Gasteiger partial charge in [0.05, 0.1) is 42.0 Å². The molecule has 0 aliphatic carbocycles. The minimum Gasteiger partial charge on any atom is -0.497 e. The number of nitriles is 1. The molecule has 0 spiro atoms. The van der Waals surface area contributed by atoms with Gasteiger partial charge in [0.15, 0.2) is 5.82 Å². The quantitative estimate of drug-likeness (QED) is 0.332. The second-order valence-electron chi connectivity index (χ2n) is 7.98. The van der Waals surface area contributed by atoms with Crippen LogP contribution in [-0.2, 0) is 4.79 Å². The number of nitrogens with one attached hydrogen (secondary N) is 3. The first-order valence-corrected chi connectivity index (χ1v) is 11.4. The monoisotopic (exact) mass is 505 g/mol. The van der Waals surface area contributed by atoms with Crippen LogP contribution in [-0.4, -0.2) is 47.3 Å². The Labute approximate surface area is 213 Å². The Balaban J connectivity index is 1.58. The summed E-state index contributed by atoms with van der Waals surface area (Å²) >= 11 is 6.34. The van der Waals surface area contributed by atoms with Gasteiger partial charge in [0, 0.05) is 24.8 Å². The Hall–Kier alpha value is -4.33. The van der Waals surface area contributed by atoms with E-state index in [4.69, 9.17) is 16.3 Å². The van der Waals surface area contributed by atoms with E-state index in [0.29, 0.717) is 41.3 Å². The standard InChI is InChI=1S/C25H24ClN7O3/c1-3-23(35)29-22-11-18(36-2)5-7-21(22)30-24-19(26)13-28-25(32-24)31-20-6-4-16(10-15(20)12-27)33-9-8-17(34)14-33/h3-7,10-11,13,17,34H,1,8-9,14H2,2H3,(H,29,35)(H2,28,30,31,32). The van der Waals surface area contributed by atoms with Crippen LogP contribution in [0.25, 0.3) is 0 Å². The average molecular weight is 506 g/mol. The van der Waals surface area contributed by atoms with Crippen LogP contribution in [0.5, 0.6) is 5.75 Å². The van der Waals surface area contributed by atoms with Gasteiger partial charge in [0.2, 0.25) is 11.9 Å². The Morgan fingerprint density at radius 1 is 1.28 bits per heavy atom. The van der Waals surface area contributed by atoms with Gasteiger partial charge in [-0.05, 0) is 42.8 Å². The van der Waals surface area contributed by atoms with Crippen LogP contribution < -0.4 is 25.6 Å². The molecule has 2 heterocycles. The number of hydrogen-bond donors (Lipinski definition) is 4. The van der Waals surface area contributed by atoms with Crippen molar-refractivity contribution >= 4 is 52.0 Å². The molecule has 1 amide bonds. The van der Waals surface area contributed by atoms with E-state index < -0.39 is 5.91 Å². The van der Waals surface area contributed by atoms with Crippen LogP contribution in [0.15, 0.2) is 55.3 Å². The minimum absolute atomic E-state index is 0.216. The Kier molecular flexibility index (Phi) is 7.53. The van der Waals surface area contributed by atoms with Crippen molar-refractivity contribution in [2.24, 2.45) is 0 Å². The summed E-state index contributed by atoms with van der Waals surface area (Å²) < 4.78 is 5.24. The Morgan fingerprint density at radius 3 is 2.78 bits per heavy atom.